The van der Waals surface area contributed by atoms with E-state index in [2.05, 4.69) is 90.8 Å². The molecule has 0 saturated heterocycles. The van der Waals surface area contributed by atoms with Crippen molar-refractivity contribution in [2.75, 3.05) is 22.6 Å². The number of nitrogens with zero attached hydrogens (tertiary/aromatic N) is 3. The summed E-state index contributed by atoms with van der Waals surface area (Å²) in [6, 6.07) is 55.9. The largest absolute Gasteiger partial charge is 0.368 e. The van der Waals surface area contributed by atoms with Crippen LogP contribution in [0.4, 0.5) is 22.7 Å². The molecule has 5 aromatic carbocycles. The summed E-state index contributed by atoms with van der Waals surface area (Å²) in [7, 11) is 0. The number of aromatic amines is 2. The van der Waals surface area contributed by atoms with Crippen LogP contribution in [0.5, 0.6) is 0 Å². The Hall–Kier alpha value is -3.63. The van der Waals surface area contributed by atoms with Crippen molar-refractivity contribution in [3.05, 3.63) is 302 Å². The first-order chi connectivity index (χ1) is 33.4. The van der Waals surface area contributed by atoms with E-state index in [1.54, 1.807) is 24.5 Å². The molecule has 5 N–H and O–H groups in total. The number of anilines is 3. The fraction of sp³-hybridized carbons (Fsp3) is 0.0169. The molecular weight excluding hydrogens is 2290 g/mol. The molecule has 8 nitrogen and oxygen atoms in total. The Morgan fingerprint density at radius 1 is 0.493 bits per heavy atom. The smallest absolute Gasteiger partial charge is 0.0850 e. The van der Waals surface area contributed by atoms with Gasteiger partial charge in [0.2, 0.25) is 0 Å². The van der Waals surface area contributed by atoms with Crippen LogP contribution in [0.3, 0.4) is 0 Å². The molecule has 0 atom stereocenters. The van der Waals surface area contributed by atoms with E-state index in [9.17, 15) is 0 Å². The van der Waals surface area contributed by atoms with Gasteiger partial charge < -0.3 is 151 Å². The Kier molecular flexibility index (Phi) is 102. The summed E-state index contributed by atoms with van der Waals surface area (Å²) in [4.78, 5) is 9.16. The van der Waals surface area contributed by atoms with Crippen molar-refractivity contribution in [3.63, 3.8) is 0 Å². The molecule has 0 radical (unpaired) electrons. The zero-order valence-electron chi connectivity index (χ0n) is 40.5. The van der Waals surface area contributed by atoms with Crippen LogP contribution in [-0.2, 0) is 167 Å². The van der Waals surface area contributed by atoms with E-state index in [0.29, 0.717) is 5.69 Å². The fourth-order valence-electron chi connectivity index (χ4n) is 3.55. The number of para-hydroxylation sites is 4. The first-order valence-electron chi connectivity index (χ1n) is 19.7. The summed E-state index contributed by atoms with van der Waals surface area (Å²) >= 11 is 1.42. The van der Waals surface area contributed by atoms with Gasteiger partial charge in [0.25, 0.3) is 0 Å². The quantitative estimate of drug-likeness (QED) is 0.0564. The van der Waals surface area contributed by atoms with Crippen molar-refractivity contribution < 1.29 is 167 Å². The van der Waals surface area contributed by atoms with Crippen LogP contribution >= 0.6 is 0 Å². The number of nitrogens with one attached hydrogen (secondary N) is 5. The van der Waals surface area contributed by atoms with Gasteiger partial charge in [-0.1, -0.05) is 12.1 Å². The Morgan fingerprint density at radius 2 is 0.893 bits per heavy atom. The number of hydrogen-bond donors (Lipinski definition) is 5. The van der Waals surface area contributed by atoms with E-state index in [-0.39, 0.29) is 147 Å². The molecule has 7 aromatic rings. The van der Waals surface area contributed by atoms with Crippen LogP contribution in [0.25, 0.3) is 12.2 Å². The average molecular weight is 2350 g/mol. The molecule has 16 heteroatoms. The Balaban J connectivity index is -0.0000000778. The molecule has 0 saturated carbocycles. The summed E-state index contributed by atoms with van der Waals surface area (Å²) in [6.07, 6.45) is 19.0. The molecule has 75 heavy (non-hydrogen) atoms. The van der Waals surface area contributed by atoms with Crippen LogP contribution in [0.15, 0.2) is 217 Å². The fourth-order valence-corrected chi connectivity index (χ4v) is 4.01. The molecule has 0 amide bonds. The number of rotatable bonds is 9. The molecule has 3 heterocycles. The molecular formula is C59H55N8W8-. The Bertz CT molecular complexity index is 2010. The van der Waals surface area contributed by atoms with Crippen LogP contribution in [0, 0.1) is 83.5 Å². The summed E-state index contributed by atoms with van der Waals surface area (Å²) in [5.74, 6) is 0. The van der Waals surface area contributed by atoms with Crippen LogP contribution < -0.4 is 16.0 Å². The minimum atomic E-state index is 0. The second-order valence-corrected chi connectivity index (χ2v) is 11.9. The maximum Gasteiger partial charge on any atom is 0.0850 e. The van der Waals surface area contributed by atoms with Crippen molar-refractivity contribution >= 4 is 52.9 Å². The number of aliphatic imine (C=N–C) groups is 2. The van der Waals surface area contributed by atoms with Gasteiger partial charge in [-0.3, -0.25) is 11.2 Å². The number of hydrogen-bond acceptors (Lipinski definition) is 6. The van der Waals surface area contributed by atoms with Gasteiger partial charge in [-0.25, -0.2) is 36.0 Å². The van der Waals surface area contributed by atoms with Gasteiger partial charge in [-0.2, -0.15) is 61.0 Å². The molecule has 0 unspecified atom stereocenters. The van der Waals surface area contributed by atoms with Gasteiger partial charge in [0.1, 0.15) is 0 Å². The van der Waals surface area contributed by atoms with E-state index in [1.165, 1.54) is 79.3 Å². The summed E-state index contributed by atoms with van der Waals surface area (Å²) in [5, 5.41) is 15.7. The molecule has 0 aliphatic carbocycles. The zero-order chi connectivity index (χ0) is 50.8. The van der Waals surface area contributed by atoms with Crippen molar-refractivity contribution in [1.29, 1.82) is 0 Å². The summed E-state index contributed by atoms with van der Waals surface area (Å²) in [6.45, 7) is 53.6. The predicted octanol–water partition coefficient (Wildman–Crippen LogP) is 13.1. The van der Waals surface area contributed by atoms with E-state index >= 15 is 0 Å². The third-order valence-electron chi connectivity index (χ3n) is 6.39. The zero-order valence-corrected chi connectivity index (χ0v) is 64.0. The first kappa shape index (κ1) is 93.8. The third-order valence-corrected chi connectivity index (χ3v) is 6.81. The van der Waals surface area contributed by atoms with Crippen molar-refractivity contribution in [2.24, 2.45) is 9.98 Å². The van der Waals surface area contributed by atoms with E-state index in [0.717, 1.165) is 29.7 Å². The van der Waals surface area contributed by atoms with E-state index in [4.69, 9.17) is 59.3 Å². The Labute approximate surface area is 562 Å². The summed E-state index contributed by atoms with van der Waals surface area (Å²) in [5.41, 5.74) is 6.01. The van der Waals surface area contributed by atoms with Crippen molar-refractivity contribution in [1.82, 2.24) is 15.2 Å². The number of fused-ring (bicyclic) bond motifs is 1. The molecule has 2 aromatic heterocycles. The monoisotopic (exact) mass is 2350 g/mol. The SMILES string of the molecule is [CH-]=CC=[CH-].[CH-]=CC=[CH-].[CH-]=CC=[CH-].[CH-]=CN=[CH-].[CH-]=Cc1[c-]cccc1.[CH-]=Cc1[c-]cccc1.[CH-]=Nc1[c-]cccc1.[W+2].[W+2].[W+2].[W+2].[W+2].[W+2].[W+2].[W]=[CH]Nc1[c-]cccc1.c1cc[nH]c1.c1ccc2c(c1)NCN2.c1cn[nH]c1. The predicted molar refractivity (Wildman–Crippen MR) is 285 cm³/mol. The topological polar surface area (TPSA) is 105 Å². The van der Waals surface area contributed by atoms with Crippen molar-refractivity contribution in [2.45, 2.75) is 0 Å². The summed E-state index contributed by atoms with van der Waals surface area (Å²) < 4.78 is 1.96. The number of aromatic nitrogens is 3. The average Bonchev–Trinajstić information content (AvgIpc) is 4.29. The molecule has 0 bridgehead atoms. The van der Waals surface area contributed by atoms with Crippen LogP contribution in [0.1, 0.15) is 11.1 Å². The minimum absolute atomic E-state index is 0. The van der Waals surface area contributed by atoms with Crippen LogP contribution in [-0.4, -0.2) is 39.8 Å². The number of H-pyrrole nitrogens is 2. The maximum atomic E-state index is 5.19. The molecule has 380 valence electrons. The van der Waals surface area contributed by atoms with Gasteiger partial charge in [0.05, 0.1) is 18.0 Å². The maximum absolute atomic E-state index is 5.19. The first-order valence-corrected chi connectivity index (χ1v) is 21.4. The second-order valence-electron chi connectivity index (χ2n) is 11.1. The number of benzene rings is 5. The molecule has 0 fully saturated rings. The second kappa shape index (κ2) is 81.7. The van der Waals surface area contributed by atoms with Gasteiger partial charge in [0.15, 0.2) is 0 Å². The van der Waals surface area contributed by atoms with Crippen LogP contribution in [0.2, 0.25) is 0 Å². The van der Waals surface area contributed by atoms with Gasteiger partial charge >= 0.3 is 213 Å². The van der Waals surface area contributed by atoms with Gasteiger partial charge in [0, 0.05) is 24.8 Å². The Morgan fingerprint density at radius 3 is 1.11 bits per heavy atom. The van der Waals surface area contributed by atoms with Crippen molar-refractivity contribution in [3.8, 4) is 0 Å². The number of allylic oxidation sites excluding steroid dienone is 6. The standard InChI is InChI=1S/2C8H6.C7H8N2.C7H6N.C7H5N.C4H5N.3C4H4.C3H4N2.C3H3N.8W/c2*1-2-8-6-4-3-5-7-8;1-2-4-7-6(3-1)8-5-9-7;2*1-8-7-5-3-2-4-6-7;1-2-4-5-3-1;3*1-3-4-2;1-2-4-5-3-1;1-3-4-2;;;;;;;;/h2*1-6H;1-4,8-9H,5H2;1-5,8H;1-5H;1-5H;3*1-4H;1-3H,(H,4,5);1-3H;;;;;;;;/q2*-2;;-1;-2;;3*-2;;-2;;7*+2. The van der Waals surface area contributed by atoms with Gasteiger partial charge in [-0.05, 0) is 30.3 Å². The van der Waals surface area contributed by atoms with E-state index in [1.807, 2.05) is 132 Å². The van der Waals surface area contributed by atoms with E-state index < -0.39 is 0 Å². The van der Waals surface area contributed by atoms with Gasteiger partial charge in [-0.15, -0.1) is 12.1 Å². The molecule has 1 aliphatic rings. The molecule has 1 aliphatic heterocycles. The molecule has 0 spiro atoms. The minimum Gasteiger partial charge on any atom is -0.368 e. The molecule has 8 rings (SSSR count). The normalized spacial score (nSPS) is 7.52. The third kappa shape index (κ3) is 70.4.